The van der Waals surface area contributed by atoms with Crippen LogP contribution in [0.3, 0.4) is 0 Å². The number of fused-ring (bicyclic) bond motifs is 1. The number of benzene rings is 1. The Labute approximate surface area is 156 Å². The van der Waals surface area contributed by atoms with Gasteiger partial charge in [0, 0.05) is 12.5 Å². The zero-order valence-electron chi connectivity index (χ0n) is 12.8. The van der Waals surface area contributed by atoms with E-state index in [2.05, 4.69) is 9.97 Å². The van der Waals surface area contributed by atoms with Crippen molar-refractivity contribution in [2.75, 3.05) is 5.73 Å². The van der Waals surface area contributed by atoms with E-state index in [1.165, 1.54) is 6.92 Å². The number of nitrogens with zero attached hydrogens (tertiary/aromatic N) is 2. The molecule has 9 heteroatoms. The highest BCUT2D eigenvalue weighted by molar-refractivity contribution is 7.21. The van der Waals surface area contributed by atoms with Gasteiger partial charge in [-0.15, -0.1) is 11.3 Å². The van der Waals surface area contributed by atoms with Crippen LogP contribution in [-0.2, 0) is 11.2 Å². The fourth-order valence-corrected chi connectivity index (χ4v) is 3.70. The van der Waals surface area contributed by atoms with Crippen LogP contribution in [0.25, 0.3) is 21.5 Å². The summed E-state index contributed by atoms with van der Waals surface area (Å²) in [5.41, 5.74) is 7.43. The molecule has 2 heterocycles. The Morgan fingerprint density at radius 3 is 2.56 bits per heavy atom. The number of halogens is 2. The molecule has 0 atom stereocenters. The highest BCUT2D eigenvalue weighted by Gasteiger charge is 2.21. The minimum Gasteiger partial charge on any atom is -0.481 e. The van der Waals surface area contributed by atoms with E-state index in [-0.39, 0.29) is 23.7 Å². The number of ketones is 1. The minimum atomic E-state index is -1.06. The van der Waals surface area contributed by atoms with Crippen LogP contribution in [-0.4, -0.2) is 26.8 Å². The van der Waals surface area contributed by atoms with Crippen molar-refractivity contribution in [2.45, 2.75) is 13.3 Å². The van der Waals surface area contributed by atoms with Gasteiger partial charge in [-0.25, -0.2) is 9.97 Å². The van der Waals surface area contributed by atoms with Gasteiger partial charge in [0.25, 0.3) is 0 Å². The largest absolute Gasteiger partial charge is 0.481 e. The molecule has 0 fully saturated rings. The van der Waals surface area contributed by atoms with Gasteiger partial charge in [-0.3, -0.25) is 9.59 Å². The molecular weight excluding hydrogens is 385 g/mol. The quantitative estimate of drug-likeness (QED) is 0.644. The summed E-state index contributed by atoms with van der Waals surface area (Å²) in [6, 6.07) is 4.92. The Balaban J connectivity index is 2.34. The number of nitrogens with two attached hydrogens (primary N) is 1. The van der Waals surface area contributed by atoms with Crippen LogP contribution in [0.5, 0.6) is 0 Å². The van der Waals surface area contributed by atoms with Crippen molar-refractivity contribution >= 4 is 62.2 Å². The third-order valence-electron chi connectivity index (χ3n) is 3.46. The number of carbonyl (C=O) groups is 2. The van der Waals surface area contributed by atoms with E-state index in [1.807, 2.05) is 0 Å². The number of hydrogen-bond acceptors (Lipinski definition) is 6. The summed E-state index contributed by atoms with van der Waals surface area (Å²) < 4.78 is 0. The molecule has 0 amide bonds. The number of carbonyl (C=O) groups excluding carboxylic acids is 1. The van der Waals surface area contributed by atoms with Crippen LogP contribution in [0, 0.1) is 0 Å². The molecular formula is C16H11Cl2N3O3S. The molecule has 25 heavy (non-hydrogen) atoms. The fraction of sp³-hybridized carbons (Fsp3) is 0.125. The maximum Gasteiger partial charge on any atom is 0.311 e. The first-order chi connectivity index (χ1) is 11.8. The molecule has 0 spiro atoms. The monoisotopic (exact) mass is 395 g/mol. The Bertz CT molecular complexity index is 1030. The van der Waals surface area contributed by atoms with Crippen molar-refractivity contribution in [2.24, 2.45) is 0 Å². The molecule has 0 saturated heterocycles. The third kappa shape index (κ3) is 3.30. The van der Waals surface area contributed by atoms with E-state index in [0.29, 0.717) is 36.4 Å². The number of aliphatic carboxylic acids is 1. The van der Waals surface area contributed by atoms with Gasteiger partial charge < -0.3 is 10.8 Å². The second-order valence-corrected chi connectivity index (χ2v) is 7.08. The van der Waals surface area contributed by atoms with E-state index in [9.17, 15) is 9.59 Å². The van der Waals surface area contributed by atoms with Gasteiger partial charge in [-0.2, -0.15) is 0 Å². The van der Waals surface area contributed by atoms with Crippen molar-refractivity contribution in [3.05, 3.63) is 38.9 Å². The van der Waals surface area contributed by atoms with Crippen molar-refractivity contribution in [1.29, 1.82) is 0 Å². The third-order valence-corrected chi connectivity index (χ3v) is 5.40. The number of nitrogen functional groups attached to an aromatic ring is 1. The number of rotatable bonds is 4. The van der Waals surface area contributed by atoms with Crippen molar-refractivity contribution in [1.82, 2.24) is 9.97 Å². The predicted octanol–water partition coefficient (Wildman–Crippen LogP) is 4.08. The second kappa shape index (κ2) is 6.59. The molecule has 0 unspecified atom stereocenters. The zero-order valence-corrected chi connectivity index (χ0v) is 15.2. The van der Waals surface area contributed by atoms with Gasteiger partial charge in [-0.1, -0.05) is 29.3 Å². The number of Topliss-reactive ketones (excluding diaryl/α,β-unsaturated/α-hetero) is 1. The number of thiophene rings is 1. The number of anilines is 1. The molecule has 3 N–H and O–H groups in total. The molecule has 2 aromatic heterocycles. The average molecular weight is 396 g/mol. The zero-order chi connectivity index (χ0) is 18.3. The maximum atomic E-state index is 11.8. The van der Waals surface area contributed by atoms with E-state index in [0.717, 1.165) is 11.3 Å². The van der Waals surface area contributed by atoms with Crippen LogP contribution in [0.1, 0.15) is 22.4 Å². The normalized spacial score (nSPS) is 11.0. The molecule has 6 nitrogen and oxygen atoms in total. The predicted molar refractivity (Wildman–Crippen MR) is 98.6 cm³/mol. The molecule has 128 valence electrons. The second-order valence-electron chi connectivity index (χ2n) is 5.27. The van der Waals surface area contributed by atoms with Gasteiger partial charge in [-0.05, 0) is 12.1 Å². The van der Waals surface area contributed by atoms with E-state index in [4.69, 9.17) is 34.0 Å². The summed E-state index contributed by atoms with van der Waals surface area (Å²) in [7, 11) is 0. The van der Waals surface area contributed by atoms with Crippen LogP contribution in [0.4, 0.5) is 5.69 Å². The van der Waals surface area contributed by atoms with E-state index in [1.54, 1.807) is 18.2 Å². The van der Waals surface area contributed by atoms with Crippen LogP contribution in [0.15, 0.2) is 18.2 Å². The molecule has 3 rings (SSSR count). The first-order valence-electron chi connectivity index (χ1n) is 7.05. The maximum absolute atomic E-state index is 11.8. The van der Waals surface area contributed by atoms with Crippen LogP contribution >= 0.6 is 34.5 Å². The summed E-state index contributed by atoms with van der Waals surface area (Å²) >= 11 is 13.1. The van der Waals surface area contributed by atoms with Gasteiger partial charge in [0.05, 0.1) is 31.7 Å². The summed E-state index contributed by atoms with van der Waals surface area (Å²) in [4.78, 5) is 32.2. The van der Waals surface area contributed by atoms with Crippen molar-refractivity contribution in [3.63, 3.8) is 0 Å². The number of carboxylic acids is 1. The average Bonchev–Trinajstić information content (AvgIpc) is 2.86. The Hall–Kier alpha value is -2.22. The first-order valence-corrected chi connectivity index (χ1v) is 8.62. The summed E-state index contributed by atoms with van der Waals surface area (Å²) in [5.74, 6) is -1.13. The minimum absolute atomic E-state index is 0.123. The highest BCUT2D eigenvalue weighted by atomic mass is 35.5. The lowest BCUT2D eigenvalue weighted by Gasteiger charge is -2.07. The number of hydrogen-bond donors (Lipinski definition) is 2. The Kier molecular flexibility index (Phi) is 4.64. The van der Waals surface area contributed by atoms with Gasteiger partial charge >= 0.3 is 5.97 Å². The lowest BCUT2D eigenvalue weighted by molar-refractivity contribution is -0.136. The Morgan fingerprint density at radius 1 is 1.24 bits per heavy atom. The van der Waals surface area contributed by atoms with E-state index >= 15 is 0 Å². The van der Waals surface area contributed by atoms with Gasteiger partial charge in [0.2, 0.25) is 0 Å². The lowest BCUT2D eigenvalue weighted by Crippen LogP contribution is -2.06. The van der Waals surface area contributed by atoms with Crippen LogP contribution < -0.4 is 5.73 Å². The number of carboxylic acid groups (broad SMARTS) is 1. The molecule has 0 bridgehead atoms. The molecule has 1 aromatic carbocycles. The smallest absolute Gasteiger partial charge is 0.311 e. The molecule has 0 aliphatic carbocycles. The topological polar surface area (TPSA) is 106 Å². The summed E-state index contributed by atoms with van der Waals surface area (Å²) in [6.45, 7) is 1.41. The Morgan fingerprint density at radius 2 is 1.96 bits per heavy atom. The summed E-state index contributed by atoms with van der Waals surface area (Å²) in [6.07, 6.45) is -0.350. The van der Waals surface area contributed by atoms with Crippen molar-refractivity contribution < 1.29 is 14.7 Å². The van der Waals surface area contributed by atoms with E-state index < -0.39 is 5.97 Å². The highest BCUT2D eigenvalue weighted by Crippen LogP contribution is 2.39. The molecule has 0 aliphatic rings. The lowest BCUT2D eigenvalue weighted by atomic mass is 10.1. The fourth-order valence-electron chi connectivity index (χ4n) is 2.39. The molecule has 3 aromatic rings. The van der Waals surface area contributed by atoms with Crippen LogP contribution in [0.2, 0.25) is 10.0 Å². The standard InChI is InChI=1S/C16H11Cl2N3O3S/c1-6(22)15-13(19)12-14(7-2-3-8(17)9(18)4-7)20-10(5-11(23)24)21-16(12)25-15/h2-4H,5,19H2,1H3,(H,23,24). The molecule has 0 aliphatic heterocycles. The van der Waals surface area contributed by atoms with Crippen molar-refractivity contribution in [3.8, 4) is 11.3 Å². The molecule has 0 radical (unpaired) electrons. The van der Waals surface area contributed by atoms with Gasteiger partial charge in [0.15, 0.2) is 5.78 Å². The summed E-state index contributed by atoms with van der Waals surface area (Å²) in [5, 5.41) is 10.2. The first kappa shape index (κ1) is 17.6. The van der Waals surface area contributed by atoms with Gasteiger partial charge in [0.1, 0.15) is 17.1 Å². The SMILES string of the molecule is CC(=O)c1sc2nc(CC(=O)O)nc(-c3ccc(Cl)c(Cl)c3)c2c1N. The molecule has 0 saturated carbocycles. The number of aromatic nitrogens is 2.